The summed E-state index contributed by atoms with van der Waals surface area (Å²) >= 11 is 5.59. The minimum absolute atomic E-state index is 0.00613. The maximum absolute atomic E-state index is 11.5. The van der Waals surface area contributed by atoms with Gasteiger partial charge in [-0.05, 0) is 48.8 Å². The van der Waals surface area contributed by atoms with Gasteiger partial charge in [0, 0.05) is 25.2 Å². The minimum atomic E-state index is -0.568. The van der Waals surface area contributed by atoms with Gasteiger partial charge < -0.3 is 4.90 Å². The number of anilines is 1. The zero-order valence-corrected chi connectivity index (χ0v) is 13.7. The third-order valence-corrected chi connectivity index (χ3v) is 4.73. The van der Waals surface area contributed by atoms with Crippen molar-refractivity contribution in [2.45, 2.75) is 39.5 Å². The van der Waals surface area contributed by atoms with Gasteiger partial charge >= 0.3 is 0 Å². The molecule has 0 unspecified atom stereocenters. The van der Waals surface area contributed by atoms with Gasteiger partial charge in [0.25, 0.3) is 10.9 Å². The monoisotopic (exact) mass is 324 g/mol. The first-order valence-electron chi connectivity index (χ1n) is 7.74. The predicted octanol–water partition coefficient (Wildman–Crippen LogP) is 4.38. The van der Waals surface area contributed by atoms with Crippen molar-refractivity contribution in [3.8, 4) is 0 Å². The first-order valence-corrected chi connectivity index (χ1v) is 8.12. The Labute approximate surface area is 135 Å². The second-order valence-electron chi connectivity index (χ2n) is 5.72. The van der Waals surface area contributed by atoms with Crippen LogP contribution in [0.4, 0.5) is 11.4 Å². The van der Waals surface area contributed by atoms with Gasteiger partial charge in [0.15, 0.2) is 0 Å². The van der Waals surface area contributed by atoms with Crippen molar-refractivity contribution < 1.29 is 9.72 Å². The van der Waals surface area contributed by atoms with Crippen LogP contribution in [0.25, 0.3) is 0 Å². The molecule has 1 aromatic rings. The molecule has 1 saturated heterocycles. The normalized spacial score (nSPS) is 18.4. The highest BCUT2D eigenvalue weighted by Gasteiger charge is 2.44. The predicted molar refractivity (Wildman–Crippen MR) is 87.7 cm³/mol. The smallest absolute Gasteiger partial charge is 0.271 e. The molecule has 0 bridgehead atoms. The Kier molecular flexibility index (Phi) is 5.06. The molecule has 2 fully saturated rings. The van der Waals surface area contributed by atoms with Crippen molar-refractivity contribution in [1.82, 2.24) is 0 Å². The number of benzene rings is 1. The van der Waals surface area contributed by atoms with Crippen molar-refractivity contribution >= 4 is 28.2 Å². The first-order chi connectivity index (χ1) is 10.5. The van der Waals surface area contributed by atoms with Crippen LogP contribution in [-0.4, -0.2) is 23.3 Å². The summed E-state index contributed by atoms with van der Waals surface area (Å²) in [6, 6.07) is 4.23. The topological polar surface area (TPSA) is 63.4 Å². The molecule has 2 aliphatic rings. The molecule has 120 valence electrons. The maximum Gasteiger partial charge on any atom is 0.271 e. The van der Waals surface area contributed by atoms with E-state index in [4.69, 9.17) is 11.6 Å². The molecule has 22 heavy (non-hydrogen) atoms. The van der Waals surface area contributed by atoms with Crippen LogP contribution in [0.5, 0.6) is 0 Å². The first kappa shape index (κ1) is 16.7. The van der Waals surface area contributed by atoms with Crippen LogP contribution in [0, 0.1) is 15.5 Å². The maximum atomic E-state index is 11.5. The average Bonchev–Trinajstić information content (AvgIpc) is 3.28. The van der Waals surface area contributed by atoms with Gasteiger partial charge in [-0.1, -0.05) is 13.8 Å². The molecule has 6 heteroatoms. The molecule has 1 aliphatic carbocycles. The number of halogens is 1. The molecule has 0 radical (unpaired) electrons. The van der Waals surface area contributed by atoms with Crippen molar-refractivity contribution in [2.24, 2.45) is 5.41 Å². The minimum Gasteiger partial charge on any atom is -0.371 e. The number of nitro groups is 1. The summed E-state index contributed by atoms with van der Waals surface area (Å²) in [7, 11) is 0. The number of rotatable bonds is 3. The summed E-state index contributed by atoms with van der Waals surface area (Å²) in [5, 5.41) is 10.3. The lowest BCUT2D eigenvalue weighted by molar-refractivity contribution is -0.384. The molecule has 1 saturated carbocycles. The lowest BCUT2D eigenvalue weighted by Gasteiger charge is -2.34. The van der Waals surface area contributed by atoms with Crippen LogP contribution in [-0.2, 0) is 0 Å². The van der Waals surface area contributed by atoms with Gasteiger partial charge in [0.05, 0.1) is 16.2 Å². The molecule has 5 nitrogen and oxygen atoms in total. The third kappa shape index (κ3) is 3.40. The zero-order chi connectivity index (χ0) is 16.3. The molecule has 1 heterocycles. The lowest BCUT2D eigenvalue weighted by atomic mass is 9.93. The van der Waals surface area contributed by atoms with Crippen LogP contribution in [0.15, 0.2) is 18.2 Å². The number of hydrogen-bond acceptors (Lipinski definition) is 4. The van der Waals surface area contributed by atoms with Gasteiger partial charge in [-0.3, -0.25) is 14.9 Å². The Hall–Kier alpha value is -1.62. The fourth-order valence-corrected chi connectivity index (χ4v) is 3.12. The number of carbonyl (C=O) groups excluding carboxylic acids is 1. The van der Waals surface area contributed by atoms with E-state index in [0.717, 1.165) is 25.9 Å². The van der Waals surface area contributed by atoms with Crippen molar-refractivity contribution in [3.63, 3.8) is 0 Å². The Bertz CT molecular complexity index is 575. The van der Waals surface area contributed by atoms with Gasteiger partial charge in [-0.2, -0.15) is 0 Å². The molecule has 3 rings (SSSR count). The van der Waals surface area contributed by atoms with Gasteiger partial charge in [-0.15, -0.1) is 0 Å². The van der Waals surface area contributed by atoms with Crippen LogP contribution in [0.3, 0.4) is 0 Å². The Balaban J connectivity index is 0.000000847. The fourth-order valence-electron chi connectivity index (χ4n) is 2.96. The molecule has 1 aromatic carbocycles. The van der Waals surface area contributed by atoms with E-state index in [1.165, 1.54) is 31.0 Å². The Morgan fingerprint density at radius 1 is 1.23 bits per heavy atom. The molecular formula is C16H21ClN2O3. The second kappa shape index (κ2) is 6.65. The summed E-state index contributed by atoms with van der Waals surface area (Å²) in [5.74, 6) is 0. The Morgan fingerprint density at radius 2 is 1.82 bits per heavy atom. The summed E-state index contributed by atoms with van der Waals surface area (Å²) in [5.41, 5.74) is 1.45. The number of non-ortho nitro benzene ring substituents is 1. The van der Waals surface area contributed by atoms with Crippen LogP contribution >= 0.6 is 11.6 Å². The van der Waals surface area contributed by atoms with Crippen LogP contribution < -0.4 is 4.90 Å². The third-order valence-electron chi connectivity index (χ3n) is 4.53. The van der Waals surface area contributed by atoms with E-state index in [2.05, 4.69) is 0 Å². The largest absolute Gasteiger partial charge is 0.371 e. The summed E-state index contributed by atoms with van der Waals surface area (Å²) in [6.07, 6.45) is 4.76. The lowest BCUT2D eigenvalue weighted by Crippen LogP contribution is -2.35. The second-order valence-corrected chi connectivity index (χ2v) is 6.06. The van der Waals surface area contributed by atoms with E-state index < -0.39 is 10.2 Å². The molecular weight excluding hydrogens is 304 g/mol. The Morgan fingerprint density at radius 3 is 2.27 bits per heavy atom. The van der Waals surface area contributed by atoms with Gasteiger partial charge in [-0.25, -0.2) is 0 Å². The molecule has 0 amide bonds. The highest BCUT2D eigenvalue weighted by Crippen LogP contribution is 2.54. The van der Waals surface area contributed by atoms with Crippen LogP contribution in [0.1, 0.15) is 49.9 Å². The molecule has 1 aliphatic heterocycles. The van der Waals surface area contributed by atoms with Crippen molar-refractivity contribution in [1.29, 1.82) is 0 Å². The van der Waals surface area contributed by atoms with E-state index in [9.17, 15) is 14.9 Å². The highest BCUT2D eigenvalue weighted by atomic mass is 35.5. The number of nitrogens with zero attached hydrogens (tertiary/aromatic N) is 2. The van der Waals surface area contributed by atoms with E-state index in [1.54, 1.807) is 0 Å². The standard InChI is InChI=1S/C14H15ClN2O3.C2H6/c15-13(18)11-2-1-10(17(19)20)9-12(11)16-7-5-14(3-4-14)6-8-16;1-2/h1-2,9H,3-8H2;1-2H3. The van der Waals surface area contributed by atoms with Gasteiger partial charge in [0.2, 0.25) is 0 Å². The van der Waals surface area contributed by atoms with E-state index in [1.807, 2.05) is 18.7 Å². The van der Waals surface area contributed by atoms with Gasteiger partial charge in [0.1, 0.15) is 0 Å². The van der Waals surface area contributed by atoms with Crippen molar-refractivity contribution in [2.75, 3.05) is 18.0 Å². The molecule has 1 spiro atoms. The molecule has 0 N–H and O–H groups in total. The number of hydrogen-bond donors (Lipinski definition) is 0. The van der Waals surface area contributed by atoms with E-state index >= 15 is 0 Å². The average molecular weight is 325 g/mol. The summed E-state index contributed by atoms with van der Waals surface area (Å²) in [6.45, 7) is 5.66. The quantitative estimate of drug-likeness (QED) is 0.470. The fraction of sp³-hybridized carbons (Fsp3) is 0.562. The molecule has 0 atom stereocenters. The van der Waals surface area contributed by atoms with E-state index in [0.29, 0.717) is 16.7 Å². The number of carbonyl (C=O) groups is 1. The molecule has 0 aromatic heterocycles. The number of nitro benzene ring substituents is 1. The summed E-state index contributed by atoms with van der Waals surface area (Å²) in [4.78, 5) is 24.0. The summed E-state index contributed by atoms with van der Waals surface area (Å²) < 4.78 is 0. The van der Waals surface area contributed by atoms with Crippen molar-refractivity contribution in [3.05, 3.63) is 33.9 Å². The number of piperidine rings is 1. The van der Waals surface area contributed by atoms with Crippen LogP contribution in [0.2, 0.25) is 0 Å². The zero-order valence-electron chi connectivity index (χ0n) is 13.0. The highest BCUT2D eigenvalue weighted by molar-refractivity contribution is 6.68. The SMILES string of the molecule is CC.O=C(Cl)c1ccc([N+](=O)[O-])cc1N1CCC2(CC1)CC2. The van der Waals surface area contributed by atoms with E-state index in [-0.39, 0.29) is 5.69 Å².